The van der Waals surface area contributed by atoms with Crippen molar-refractivity contribution in [1.82, 2.24) is 10.2 Å². The second-order valence-corrected chi connectivity index (χ2v) is 6.63. The van der Waals surface area contributed by atoms with E-state index < -0.39 is 5.97 Å². The molecule has 0 amide bonds. The molecule has 0 aliphatic carbocycles. The Hall–Kier alpha value is -2.95. The number of carboxylic acids is 1. The highest BCUT2D eigenvalue weighted by Crippen LogP contribution is 2.27. The maximum Gasteiger partial charge on any atom is 0.335 e. The summed E-state index contributed by atoms with van der Waals surface area (Å²) in [5.74, 6) is -0.284. The van der Waals surface area contributed by atoms with Gasteiger partial charge in [-0.1, -0.05) is 39.0 Å². The number of rotatable bonds is 3. The number of hydrogen-bond acceptors (Lipinski definition) is 4. The fraction of sp³-hybridized carbons (Fsp3) is 0.211. The molecule has 122 valence electrons. The highest BCUT2D eigenvalue weighted by Gasteiger charge is 2.15. The maximum absolute atomic E-state index is 11.1. The molecule has 3 rings (SSSR count). The average Bonchev–Trinajstić information content (AvgIpc) is 3.04. The largest absolute Gasteiger partial charge is 0.478 e. The molecule has 0 unspecified atom stereocenters. The Balaban J connectivity index is 1.91. The Morgan fingerprint density at radius 2 is 1.58 bits per heavy atom. The first-order valence-electron chi connectivity index (χ1n) is 7.63. The first-order chi connectivity index (χ1) is 11.3. The summed E-state index contributed by atoms with van der Waals surface area (Å²) in [6.07, 6.45) is 0. The van der Waals surface area contributed by atoms with E-state index in [1.54, 1.807) is 12.1 Å². The Bertz CT molecular complexity index is 874. The summed E-state index contributed by atoms with van der Waals surface area (Å²) >= 11 is 0. The van der Waals surface area contributed by atoms with E-state index in [9.17, 15) is 4.79 Å². The second kappa shape index (κ2) is 5.92. The number of aromatic nitrogens is 2. The van der Waals surface area contributed by atoms with Crippen LogP contribution in [0.1, 0.15) is 36.7 Å². The van der Waals surface area contributed by atoms with Gasteiger partial charge >= 0.3 is 5.97 Å². The van der Waals surface area contributed by atoms with Gasteiger partial charge in [-0.3, -0.25) is 0 Å². The average molecular weight is 322 g/mol. The lowest BCUT2D eigenvalue weighted by Gasteiger charge is -2.18. The van der Waals surface area contributed by atoms with E-state index in [0.717, 1.165) is 5.56 Å². The molecule has 24 heavy (non-hydrogen) atoms. The van der Waals surface area contributed by atoms with Crippen LogP contribution in [0.15, 0.2) is 52.9 Å². The van der Waals surface area contributed by atoms with Gasteiger partial charge in [-0.25, -0.2) is 4.79 Å². The van der Waals surface area contributed by atoms with Gasteiger partial charge in [-0.05, 0) is 41.3 Å². The molecule has 2 aromatic carbocycles. The van der Waals surface area contributed by atoms with Gasteiger partial charge in [0.15, 0.2) is 0 Å². The molecule has 0 saturated carbocycles. The first kappa shape index (κ1) is 15.9. The molecule has 0 spiro atoms. The monoisotopic (exact) mass is 322 g/mol. The Kier molecular flexibility index (Phi) is 3.93. The second-order valence-electron chi connectivity index (χ2n) is 6.63. The fourth-order valence-corrected chi connectivity index (χ4v) is 2.35. The molecule has 1 aromatic heterocycles. The minimum absolute atomic E-state index is 0.0792. The molecule has 1 heterocycles. The smallest absolute Gasteiger partial charge is 0.335 e. The van der Waals surface area contributed by atoms with Gasteiger partial charge in [0, 0.05) is 11.1 Å². The molecule has 0 radical (unpaired) electrons. The SMILES string of the molecule is CC(C)(C)c1ccc(-c2nnc(-c3cccc(C(=O)O)c3)o2)cc1. The Morgan fingerprint density at radius 3 is 2.17 bits per heavy atom. The van der Waals surface area contributed by atoms with Crippen LogP contribution in [0.5, 0.6) is 0 Å². The molecule has 1 N–H and O–H groups in total. The zero-order valence-electron chi connectivity index (χ0n) is 13.8. The summed E-state index contributed by atoms with van der Waals surface area (Å²) in [5.41, 5.74) is 2.90. The Labute approximate surface area is 140 Å². The minimum Gasteiger partial charge on any atom is -0.478 e. The molecule has 0 fully saturated rings. The van der Waals surface area contributed by atoms with E-state index in [0.29, 0.717) is 17.3 Å². The van der Waals surface area contributed by atoms with E-state index in [1.165, 1.54) is 17.7 Å². The topological polar surface area (TPSA) is 76.2 Å². The zero-order valence-corrected chi connectivity index (χ0v) is 13.8. The van der Waals surface area contributed by atoms with Gasteiger partial charge in [0.1, 0.15) is 0 Å². The van der Waals surface area contributed by atoms with Crippen molar-refractivity contribution in [3.8, 4) is 22.9 Å². The molecular weight excluding hydrogens is 304 g/mol. The number of carbonyl (C=O) groups is 1. The Morgan fingerprint density at radius 1 is 0.958 bits per heavy atom. The lowest BCUT2D eigenvalue weighted by Crippen LogP contribution is -2.10. The number of carboxylic acid groups (broad SMARTS) is 1. The van der Waals surface area contributed by atoms with Crippen LogP contribution in [0.4, 0.5) is 0 Å². The molecule has 5 nitrogen and oxygen atoms in total. The van der Waals surface area contributed by atoms with Crippen LogP contribution in [-0.2, 0) is 5.41 Å². The predicted octanol–water partition coefficient (Wildman–Crippen LogP) is 4.40. The van der Waals surface area contributed by atoms with Gasteiger partial charge in [0.05, 0.1) is 5.56 Å². The highest BCUT2D eigenvalue weighted by molar-refractivity contribution is 5.88. The molecular formula is C19H18N2O3. The van der Waals surface area contributed by atoms with Crippen molar-refractivity contribution in [2.75, 3.05) is 0 Å². The number of aromatic carboxylic acids is 1. The summed E-state index contributed by atoms with van der Waals surface area (Å²) < 4.78 is 5.70. The van der Waals surface area contributed by atoms with Crippen LogP contribution < -0.4 is 0 Å². The first-order valence-corrected chi connectivity index (χ1v) is 7.63. The summed E-state index contributed by atoms with van der Waals surface area (Å²) in [5, 5.41) is 17.2. The van der Waals surface area contributed by atoms with Crippen LogP contribution >= 0.6 is 0 Å². The summed E-state index contributed by atoms with van der Waals surface area (Å²) in [4.78, 5) is 11.1. The van der Waals surface area contributed by atoms with Crippen molar-refractivity contribution in [2.24, 2.45) is 0 Å². The molecule has 0 atom stereocenters. The van der Waals surface area contributed by atoms with Crippen molar-refractivity contribution < 1.29 is 14.3 Å². The van der Waals surface area contributed by atoms with E-state index in [1.807, 2.05) is 24.3 Å². The molecule has 0 aliphatic rings. The third kappa shape index (κ3) is 3.20. The molecule has 0 bridgehead atoms. The van der Waals surface area contributed by atoms with Gasteiger partial charge < -0.3 is 9.52 Å². The number of benzene rings is 2. The van der Waals surface area contributed by atoms with Crippen LogP contribution in [0.2, 0.25) is 0 Å². The molecule has 0 saturated heterocycles. The van der Waals surface area contributed by atoms with E-state index >= 15 is 0 Å². The van der Waals surface area contributed by atoms with Gasteiger partial charge in [-0.15, -0.1) is 10.2 Å². The molecule has 3 aromatic rings. The summed E-state index contributed by atoms with van der Waals surface area (Å²) in [7, 11) is 0. The number of hydrogen-bond donors (Lipinski definition) is 1. The maximum atomic E-state index is 11.1. The zero-order chi connectivity index (χ0) is 17.3. The lowest BCUT2D eigenvalue weighted by molar-refractivity contribution is 0.0697. The van der Waals surface area contributed by atoms with Crippen molar-refractivity contribution in [3.63, 3.8) is 0 Å². The van der Waals surface area contributed by atoms with Crippen LogP contribution in [-0.4, -0.2) is 21.3 Å². The standard InChI is InChI=1S/C19H18N2O3/c1-19(2,3)15-9-7-12(8-10-15)16-20-21-17(24-16)13-5-4-6-14(11-13)18(22)23/h4-11H,1-3H3,(H,22,23). The third-order valence-electron chi connectivity index (χ3n) is 3.78. The minimum atomic E-state index is -0.991. The van der Waals surface area contributed by atoms with E-state index in [-0.39, 0.29) is 11.0 Å². The molecule has 0 aliphatic heterocycles. The quantitative estimate of drug-likeness (QED) is 0.773. The van der Waals surface area contributed by atoms with E-state index in [4.69, 9.17) is 9.52 Å². The van der Waals surface area contributed by atoms with Gasteiger partial charge in [0.25, 0.3) is 0 Å². The fourth-order valence-electron chi connectivity index (χ4n) is 2.35. The lowest BCUT2D eigenvalue weighted by atomic mass is 9.87. The van der Waals surface area contributed by atoms with Crippen molar-refractivity contribution in [2.45, 2.75) is 26.2 Å². The van der Waals surface area contributed by atoms with Gasteiger partial charge in [-0.2, -0.15) is 0 Å². The van der Waals surface area contributed by atoms with E-state index in [2.05, 4.69) is 31.0 Å². The van der Waals surface area contributed by atoms with Crippen molar-refractivity contribution in [3.05, 3.63) is 59.7 Å². The summed E-state index contributed by atoms with van der Waals surface area (Å²) in [6, 6.07) is 14.4. The number of nitrogens with zero attached hydrogens (tertiary/aromatic N) is 2. The van der Waals surface area contributed by atoms with Crippen molar-refractivity contribution >= 4 is 5.97 Å². The van der Waals surface area contributed by atoms with Crippen LogP contribution in [0.25, 0.3) is 22.9 Å². The summed E-state index contributed by atoms with van der Waals surface area (Å²) in [6.45, 7) is 6.47. The normalized spacial score (nSPS) is 11.5. The van der Waals surface area contributed by atoms with Gasteiger partial charge in [0.2, 0.25) is 11.8 Å². The predicted molar refractivity (Wildman–Crippen MR) is 90.8 cm³/mol. The molecule has 5 heteroatoms. The third-order valence-corrected chi connectivity index (χ3v) is 3.78. The van der Waals surface area contributed by atoms with Crippen LogP contribution in [0, 0.1) is 0 Å². The highest BCUT2D eigenvalue weighted by atomic mass is 16.4. The van der Waals surface area contributed by atoms with Crippen molar-refractivity contribution in [1.29, 1.82) is 0 Å². The van der Waals surface area contributed by atoms with Crippen LogP contribution in [0.3, 0.4) is 0 Å².